The third-order valence-electron chi connectivity index (χ3n) is 7.55. The van der Waals surface area contributed by atoms with Crippen molar-refractivity contribution in [3.63, 3.8) is 0 Å². The maximum atomic E-state index is 9.38. The molecule has 1 aliphatic heterocycles. The monoisotopic (exact) mass is 503 g/mol. The van der Waals surface area contributed by atoms with Gasteiger partial charge in [0.05, 0.1) is 29.0 Å². The van der Waals surface area contributed by atoms with Crippen molar-refractivity contribution < 1.29 is 0 Å². The zero-order valence-electron chi connectivity index (χ0n) is 21.3. The molecule has 5 aromatic carbocycles. The van der Waals surface area contributed by atoms with Crippen LogP contribution in [0.3, 0.4) is 0 Å². The highest BCUT2D eigenvalue weighted by molar-refractivity contribution is 7.02. The molecule has 0 N–H and O–H groups in total. The third-order valence-corrected chi connectivity index (χ3v) is 11.1. The number of benzene rings is 5. The Balaban J connectivity index is 1.70. The van der Waals surface area contributed by atoms with Crippen LogP contribution >= 0.6 is 0 Å². The van der Waals surface area contributed by atoms with E-state index >= 15 is 0 Å². The minimum Gasteiger partial charge on any atom is -0.309 e. The molecule has 38 heavy (non-hydrogen) atoms. The van der Waals surface area contributed by atoms with Gasteiger partial charge in [-0.2, -0.15) is 10.5 Å². The average molecular weight is 504 g/mol. The van der Waals surface area contributed by atoms with Crippen LogP contribution in [0.1, 0.15) is 11.1 Å². The molecule has 180 valence electrons. The lowest BCUT2D eigenvalue weighted by Crippen LogP contribution is -2.58. The predicted molar refractivity (Wildman–Crippen MR) is 158 cm³/mol. The van der Waals surface area contributed by atoms with E-state index < -0.39 is 8.07 Å². The van der Waals surface area contributed by atoms with Crippen LogP contribution in [0.15, 0.2) is 115 Å². The second kappa shape index (κ2) is 9.20. The first-order valence-electron chi connectivity index (χ1n) is 12.7. The van der Waals surface area contributed by atoms with E-state index in [4.69, 9.17) is 0 Å². The molecule has 0 atom stereocenters. The van der Waals surface area contributed by atoms with Gasteiger partial charge >= 0.3 is 0 Å². The molecule has 0 radical (unpaired) electrons. The summed E-state index contributed by atoms with van der Waals surface area (Å²) in [6.45, 7) is 4.85. The molecule has 1 aliphatic rings. The summed E-state index contributed by atoms with van der Waals surface area (Å²) in [6.07, 6.45) is 0. The van der Waals surface area contributed by atoms with E-state index in [9.17, 15) is 10.5 Å². The molecular weight excluding hydrogens is 478 g/mol. The molecule has 5 aromatic rings. The number of hydrogen-bond donors (Lipinski definition) is 0. The molecule has 0 spiro atoms. The summed E-state index contributed by atoms with van der Waals surface area (Å²) in [4.78, 5) is 2.42. The van der Waals surface area contributed by atoms with Crippen molar-refractivity contribution in [3.8, 4) is 34.4 Å². The third kappa shape index (κ3) is 3.71. The zero-order valence-corrected chi connectivity index (χ0v) is 22.3. The second-order valence-electron chi connectivity index (χ2n) is 10.1. The highest BCUT2D eigenvalue weighted by Gasteiger charge is 2.39. The number of nitriles is 2. The number of fused-ring (bicyclic) bond motifs is 2. The van der Waals surface area contributed by atoms with Crippen molar-refractivity contribution in [1.29, 1.82) is 10.5 Å². The lowest BCUT2D eigenvalue weighted by molar-refractivity contribution is 1.28. The number of anilines is 3. The molecule has 1 heterocycles. The lowest BCUT2D eigenvalue weighted by Gasteiger charge is -2.42. The van der Waals surface area contributed by atoms with Crippen molar-refractivity contribution in [1.82, 2.24) is 0 Å². The first-order valence-corrected chi connectivity index (χ1v) is 15.7. The zero-order chi connectivity index (χ0) is 26.3. The fourth-order valence-electron chi connectivity index (χ4n) is 5.61. The molecule has 0 aromatic heterocycles. The van der Waals surface area contributed by atoms with Crippen LogP contribution in [0.5, 0.6) is 0 Å². The first kappa shape index (κ1) is 23.5. The van der Waals surface area contributed by atoms with E-state index in [1.54, 1.807) is 0 Å². The summed E-state index contributed by atoms with van der Waals surface area (Å²) < 4.78 is 0. The Morgan fingerprint density at radius 2 is 0.947 bits per heavy atom. The molecule has 0 saturated heterocycles. The minimum atomic E-state index is -1.94. The largest absolute Gasteiger partial charge is 0.309 e. The molecule has 3 nitrogen and oxygen atoms in total. The van der Waals surface area contributed by atoms with Gasteiger partial charge < -0.3 is 4.90 Å². The highest BCUT2D eigenvalue weighted by Crippen LogP contribution is 2.47. The summed E-state index contributed by atoms with van der Waals surface area (Å²) in [7, 11) is -1.94. The molecule has 0 amide bonds. The van der Waals surface area contributed by atoms with Crippen molar-refractivity contribution in [3.05, 3.63) is 126 Å². The topological polar surface area (TPSA) is 50.8 Å². The molecule has 0 unspecified atom stereocenters. The van der Waals surface area contributed by atoms with Crippen molar-refractivity contribution >= 4 is 35.5 Å². The summed E-state index contributed by atoms with van der Waals surface area (Å²) in [5.74, 6) is 0. The number of hydrogen-bond acceptors (Lipinski definition) is 3. The Kier molecular flexibility index (Phi) is 5.69. The van der Waals surface area contributed by atoms with Gasteiger partial charge in [-0.05, 0) is 57.9 Å². The fraction of sp³-hybridized carbons (Fsp3) is 0.0588. The Hall–Kier alpha value is -4.90. The SMILES string of the molecule is C[Si]1(C)c2ccccc2N(c2c(-c3ccc(C#N)cc3)cccc2-c2ccc(C#N)cc2)c2ccccc21. The molecule has 0 aliphatic carbocycles. The fourth-order valence-corrected chi connectivity index (χ4v) is 8.60. The van der Waals surface area contributed by atoms with E-state index in [1.165, 1.54) is 21.7 Å². The van der Waals surface area contributed by atoms with Crippen LogP contribution in [-0.2, 0) is 0 Å². The number of rotatable bonds is 3. The van der Waals surface area contributed by atoms with E-state index in [0.717, 1.165) is 27.9 Å². The molecule has 0 fully saturated rings. The first-order chi connectivity index (χ1) is 18.5. The van der Waals surface area contributed by atoms with Gasteiger partial charge in [-0.1, -0.05) is 92.0 Å². The van der Waals surface area contributed by atoms with Crippen molar-refractivity contribution in [2.75, 3.05) is 4.90 Å². The van der Waals surface area contributed by atoms with Crippen LogP contribution in [0.25, 0.3) is 22.3 Å². The van der Waals surface area contributed by atoms with E-state index in [1.807, 2.05) is 48.5 Å². The normalized spacial score (nSPS) is 13.1. The minimum absolute atomic E-state index is 0.639. The van der Waals surface area contributed by atoms with E-state index in [2.05, 4.69) is 96.9 Å². The van der Waals surface area contributed by atoms with Gasteiger partial charge in [-0.25, -0.2) is 0 Å². The summed E-state index contributed by atoms with van der Waals surface area (Å²) in [5.41, 5.74) is 9.05. The smallest absolute Gasteiger partial charge is 0.117 e. The number of nitrogens with zero attached hydrogens (tertiary/aromatic N) is 3. The number of para-hydroxylation sites is 3. The highest BCUT2D eigenvalue weighted by atomic mass is 28.3. The molecular formula is C34H25N3Si. The van der Waals surface area contributed by atoms with E-state index in [0.29, 0.717) is 11.1 Å². The van der Waals surface area contributed by atoms with Crippen LogP contribution in [0.4, 0.5) is 17.1 Å². The van der Waals surface area contributed by atoms with E-state index in [-0.39, 0.29) is 0 Å². The van der Waals surface area contributed by atoms with Gasteiger partial charge in [-0.15, -0.1) is 0 Å². The maximum Gasteiger partial charge on any atom is 0.117 e. The summed E-state index contributed by atoms with van der Waals surface area (Å²) in [6, 6.07) is 44.1. The van der Waals surface area contributed by atoms with Crippen LogP contribution < -0.4 is 15.3 Å². The van der Waals surface area contributed by atoms with Gasteiger partial charge in [0, 0.05) is 22.5 Å². The Bertz CT molecular complexity index is 1630. The van der Waals surface area contributed by atoms with Gasteiger partial charge in [-0.3, -0.25) is 0 Å². The van der Waals surface area contributed by atoms with Crippen LogP contribution in [-0.4, -0.2) is 8.07 Å². The van der Waals surface area contributed by atoms with Crippen LogP contribution in [0.2, 0.25) is 13.1 Å². The Labute approximate surface area is 224 Å². The maximum absolute atomic E-state index is 9.38. The lowest BCUT2D eigenvalue weighted by atomic mass is 9.93. The van der Waals surface area contributed by atoms with Gasteiger partial charge in [0.1, 0.15) is 8.07 Å². The molecule has 0 saturated carbocycles. The Morgan fingerprint density at radius 3 is 1.37 bits per heavy atom. The molecule has 6 rings (SSSR count). The van der Waals surface area contributed by atoms with Gasteiger partial charge in [0.2, 0.25) is 0 Å². The van der Waals surface area contributed by atoms with Gasteiger partial charge in [0.15, 0.2) is 0 Å². The molecule has 0 bridgehead atoms. The summed E-state index contributed by atoms with van der Waals surface area (Å²) >= 11 is 0. The average Bonchev–Trinajstić information content (AvgIpc) is 2.97. The predicted octanol–water partition coefficient (Wildman–Crippen LogP) is 7.37. The Morgan fingerprint density at radius 1 is 0.526 bits per heavy atom. The van der Waals surface area contributed by atoms with Gasteiger partial charge in [0.25, 0.3) is 0 Å². The molecule has 4 heteroatoms. The summed E-state index contributed by atoms with van der Waals surface area (Å²) in [5, 5.41) is 21.6. The van der Waals surface area contributed by atoms with Crippen molar-refractivity contribution in [2.24, 2.45) is 0 Å². The van der Waals surface area contributed by atoms with Crippen molar-refractivity contribution in [2.45, 2.75) is 13.1 Å². The quantitative estimate of drug-likeness (QED) is 0.242. The second-order valence-corrected chi connectivity index (χ2v) is 14.4. The van der Waals surface area contributed by atoms with Crippen LogP contribution in [0, 0.1) is 22.7 Å². The standard InChI is InChI=1S/C34H25N3Si/c1-38(2)32-12-5-3-10-30(32)37(31-11-4-6-13-33(31)38)34-28(26-18-14-24(22-35)15-19-26)8-7-9-29(34)27-20-16-25(23-36)17-21-27/h3-21H,1-2H3.